The van der Waals surface area contributed by atoms with E-state index in [0.717, 1.165) is 32.4 Å². The Bertz CT molecular complexity index is 1060. The van der Waals surface area contributed by atoms with Gasteiger partial charge in [-0.15, -0.1) is 0 Å². The van der Waals surface area contributed by atoms with E-state index >= 15 is 0 Å². The largest absolute Gasteiger partial charge is 0.463 e. The van der Waals surface area contributed by atoms with Gasteiger partial charge in [-0.3, -0.25) is 4.52 Å². The second-order valence-corrected chi connectivity index (χ2v) is 15.5. The summed E-state index contributed by atoms with van der Waals surface area (Å²) < 4.78 is 36.9. The molecular formula is C27H36O6P2S. The van der Waals surface area contributed by atoms with Crippen LogP contribution in [0.1, 0.15) is 63.8 Å². The van der Waals surface area contributed by atoms with Gasteiger partial charge < -0.3 is 22.6 Å². The molecule has 196 valence electrons. The standard InChI is InChI=1S/C27H36O6P2S/c1-17-9-19(25(3,4)5)23-21(11-17)36-22-12-18(2)10-20(26(6,7)8)24(22)33-35(32-23)31-16-27-13-28-34(29-14-27)30-15-27/h9-12H,13-16H2,1-8H3. The topological polar surface area (TPSA) is 55.4 Å². The van der Waals surface area contributed by atoms with E-state index < -0.39 is 17.2 Å². The van der Waals surface area contributed by atoms with Crippen molar-refractivity contribution in [2.75, 3.05) is 26.4 Å². The van der Waals surface area contributed by atoms with E-state index in [0.29, 0.717) is 26.4 Å². The highest BCUT2D eigenvalue weighted by atomic mass is 32.2. The van der Waals surface area contributed by atoms with Gasteiger partial charge in [-0.05, 0) is 47.9 Å². The van der Waals surface area contributed by atoms with Gasteiger partial charge in [-0.1, -0.05) is 65.4 Å². The van der Waals surface area contributed by atoms with Crippen LogP contribution in [0.15, 0.2) is 34.1 Å². The molecule has 0 N–H and O–H groups in total. The lowest BCUT2D eigenvalue weighted by molar-refractivity contribution is -0.0926. The summed E-state index contributed by atoms with van der Waals surface area (Å²) in [6.45, 7) is 19.6. The van der Waals surface area contributed by atoms with Crippen LogP contribution in [-0.4, -0.2) is 26.4 Å². The van der Waals surface area contributed by atoms with E-state index in [1.54, 1.807) is 11.8 Å². The Labute approximate surface area is 221 Å². The van der Waals surface area contributed by atoms with Crippen LogP contribution in [0, 0.1) is 19.3 Å². The molecule has 0 saturated carbocycles. The maximum atomic E-state index is 6.68. The zero-order chi connectivity index (χ0) is 25.9. The number of benzene rings is 2. The average Bonchev–Trinajstić information content (AvgIpc) is 2.78. The molecule has 0 aliphatic carbocycles. The highest BCUT2D eigenvalue weighted by molar-refractivity contribution is 7.99. The molecule has 0 aromatic heterocycles. The highest BCUT2D eigenvalue weighted by Crippen LogP contribution is 2.58. The first-order valence-corrected chi connectivity index (χ1v) is 15.3. The number of fused-ring (bicyclic) bond motifs is 5. The second-order valence-electron chi connectivity index (χ2n) is 12.1. The SMILES string of the molecule is Cc1cc2c(c(C(C)(C)C)c1)OP(OCC13COP(OC1)OC3)Oc1c(cc(C)cc1C(C)(C)C)S2. The molecule has 3 saturated heterocycles. The molecule has 2 aromatic rings. The van der Waals surface area contributed by atoms with Gasteiger partial charge in [0.1, 0.15) is 11.5 Å². The first kappa shape index (κ1) is 26.7. The van der Waals surface area contributed by atoms with Gasteiger partial charge in [-0.25, -0.2) is 0 Å². The summed E-state index contributed by atoms with van der Waals surface area (Å²) in [5.41, 5.74) is 4.13. The third kappa shape index (κ3) is 5.45. The Morgan fingerprint density at radius 2 is 1.22 bits per heavy atom. The minimum absolute atomic E-state index is 0.110. The Balaban J connectivity index is 1.59. The van der Waals surface area contributed by atoms with Gasteiger partial charge in [0, 0.05) is 11.1 Å². The molecule has 4 aliphatic heterocycles. The fourth-order valence-corrected chi connectivity index (χ4v) is 8.31. The third-order valence-electron chi connectivity index (χ3n) is 6.47. The maximum Gasteiger partial charge on any atom is 0.463 e. The molecule has 6 nitrogen and oxygen atoms in total. The predicted octanol–water partition coefficient (Wildman–Crippen LogP) is 8.35. The zero-order valence-corrected chi connectivity index (χ0v) is 25.0. The molecule has 3 fully saturated rings. The predicted molar refractivity (Wildman–Crippen MR) is 145 cm³/mol. The van der Waals surface area contributed by atoms with Crippen LogP contribution in [0.3, 0.4) is 0 Å². The fraction of sp³-hybridized carbons (Fsp3) is 0.556. The highest BCUT2D eigenvalue weighted by Gasteiger charge is 2.46. The summed E-state index contributed by atoms with van der Waals surface area (Å²) in [7, 11) is -2.95. The monoisotopic (exact) mass is 550 g/mol. The first-order chi connectivity index (χ1) is 16.8. The Kier molecular flexibility index (Phi) is 7.18. The minimum atomic E-state index is -1.75. The van der Waals surface area contributed by atoms with Crippen LogP contribution < -0.4 is 9.05 Å². The molecule has 4 aliphatic rings. The number of aryl methyl sites for hydroxylation is 2. The summed E-state index contributed by atoms with van der Waals surface area (Å²) in [5.74, 6) is 1.68. The van der Waals surface area contributed by atoms with Crippen molar-refractivity contribution < 1.29 is 27.1 Å². The van der Waals surface area contributed by atoms with Crippen molar-refractivity contribution in [1.29, 1.82) is 0 Å². The lowest BCUT2D eigenvalue weighted by Crippen LogP contribution is -2.46. The van der Waals surface area contributed by atoms with Crippen LogP contribution in [0.25, 0.3) is 0 Å². The molecule has 0 atom stereocenters. The minimum Gasteiger partial charge on any atom is -0.416 e. The Morgan fingerprint density at radius 1 is 0.778 bits per heavy atom. The van der Waals surface area contributed by atoms with E-state index in [2.05, 4.69) is 79.7 Å². The molecule has 9 heteroatoms. The number of hydrogen-bond acceptors (Lipinski definition) is 7. The lowest BCUT2D eigenvalue weighted by Gasteiger charge is -2.43. The third-order valence-corrected chi connectivity index (χ3v) is 9.54. The van der Waals surface area contributed by atoms with E-state index in [1.165, 1.54) is 11.1 Å². The van der Waals surface area contributed by atoms with Gasteiger partial charge in [-0.2, -0.15) is 0 Å². The van der Waals surface area contributed by atoms with Gasteiger partial charge in [0.2, 0.25) is 0 Å². The van der Waals surface area contributed by atoms with Crippen molar-refractivity contribution >= 4 is 29.0 Å². The average molecular weight is 551 g/mol. The van der Waals surface area contributed by atoms with Crippen molar-refractivity contribution in [3.8, 4) is 11.5 Å². The molecule has 0 spiro atoms. The zero-order valence-electron chi connectivity index (χ0n) is 22.4. The molecule has 0 amide bonds. The van der Waals surface area contributed by atoms with Gasteiger partial charge in [0.15, 0.2) is 0 Å². The summed E-state index contributed by atoms with van der Waals surface area (Å²) in [6, 6.07) is 8.83. The summed E-state index contributed by atoms with van der Waals surface area (Å²) in [4.78, 5) is 2.17. The van der Waals surface area contributed by atoms with Crippen LogP contribution in [-0.2, 0) is 28.9 Å². The second kappa shape index (κ2) is 9.68. The van der Waals surface area contributed by atoms with E-state index in [1.807, 2.05) is 0 Å². The summed E-state index contributed by atoms with van der Waals surface area (Å²) in [5, 5.41) is 0. The molecule has 2 aromatic carbocycles. The van der Waals surface area contributed by atoms with Gasteiger partial charge in [0.25, 0.3) is 0 Å². The lowest BCUT2D eigenvalue weighted by atomic mass is 9.85. The quantitative estimate of drug-likeness (QED) is 0.356. The first-order valence-electron chi connectivity index (χ1n) is 12.3. The maximum absolute atomic E-state index is 6.68. The van der Waals surface area contributed by atoms with E-state index in [4.69, 9.17) is 27.1 Å². The van der Waals surface area contributed by atoms with E-state index in [9.17, 15) is 0 Å². The fourth-order valence-electron chi connectivity index (χ4n) is 4.39. The normalized spacial score (nSPS) is 24.3. The molecule has 36 heavy (non-hydrogen) atoms. The Hall–Kier alpha value is -0.910. The van der Waals surface area contributed by atoms with Crippen LogP contribution in [0.4, 0.5) is 0 Å². The smallest absolute Gasteiger partial charge is 0.416 e. The molecular weight excluding hydrogens is 514 g/mol. The molecule has 6 rings (SSSR count). The van der Waals surface area contributed by atoms with Crippen molar-refractivity contribution in [3.63, 3.8) is 0 Å². The number of hydrogen-bond donors (Lipinski definition) is 0. The van der Waals surface area contributed by atoms with Gasteiger partial charge >= 0.3 is 17.2 Å². The van der Waals surface area contributed by atoms with E-state index in [-0.39, 0.29) is 16.2 Å². The number of rotatable bonds is 3. The molecule has 0 radical (unpaired) electrons. The van der Waals surface area contributed by atoms with Gasteiger partial charge in [0.05, 0.1) is 41.6 Å². The Morgan fingerprint density at radius 3 is 1.64 bits per heavy atom. The van der Waals surface area contributed by atoms with Crippen molar-refractivity contribution in [2.45, 2.75) is 76.0 Å². The van der Waals surface area contributed by atoms with Crippen molar-refractivity contribution in [1.82, 2.24) is 0 Å². The van der Waals surface area contributed by atoms with Crippen LogP contribution in [0.2, 0.25) is 0 Å². The summed E-state index contributed by atoms with van der Waals surface area (Å²) >= 11 is 1.71. The van der Waals surface area contributed by atoms with Crippen LogP contribution >= 0.6 is 29.0 Å². The summed E-state index contributed by atoms with van der Waals surface area (Å²) in [6.07, 6.45) is 0. The molecule has 2 bridgehead atoms. The van der Waals surface area contributed by atoms with Crippen molar-refractivity contribution in [3.05, 3.63) is 46.5 Å². The van der Waals surface area contributed by atoms with Crippen molar-refractivity contribution in [2.24, 2.45) is 5.41 Å². The molecule has 4 heterocycles. The molecule has 0 unspecified atom stereocenters. The van der Waals surface area contributed by atoms with Crippen LogP contribution in [0.5, 0.6) is 11.5 Å².